The molecule has 7 nitrogen and oxygen atoms in total. The van der Waals surface area contributed by atoms with E-state index in [2.05, 4.69) is 15.3 Å². The number of nitrogens with one attached hydrogen (secondary N) is 1. The quantitative estimate of drug-likeness (QED) is 0.554. The number of aromatic amines is 1. The van der Waals surface area contributed by atoms with Gasteiger partial charge in [0.1, 0.15) is 11.4 Å². The lowest BCUT2D eigenvalue weighted by Gasteiger charge is -2.12. The Morgan fingerprint density at radius 1 is 1.25 bits per heavy atom. The third kappa shape index (κ3) is 2.96. The highest BCUT2D eigenvalue weighted by atomic mass is 19.1. The first-order valence-corrected chi connectivity index (χ1v) is 8.31. The van der Waals surface area contributed by atoms with Gasteiger partial charge in [-0.15, -0.1) is 0 Å². The molecule has 1 amide bonds. The fourth-order valence-corrected chi connectivity index (χ4v) is 3.09. The third-order valence-electron chi connectivity index (χ3n) is 4.40. The number of carbonyl (C=O) groups excluding carboxylic acids is 1. The second kappa shape index (κ2) is 6.76. The first-order chi connectivity index (χ1) is 13.5. The topological polar surface area (TPSA) is 98.8 Å². The Bertz CT molecular complexity index is 1180. The van der Waals surface area contributed by atoms with E-state index in [1.54, 1.807) is 12.3 Å². The zero-order chi connectivity index (χ0) is 19.8. The van der Waals surface area contributed by atoms with Crippen LogP contribution in [0.2, 0.25) is 0 Å². The maximum Gasteiger partial charge on any atom is 0.269 e. The van der Waals surface area contributed by atoms with Gasteiger partial charge in [0.2, 0.25) is 0 Å². The summed E-state index contributed by atoms with van der Waals surface area (Å²) in [7, 11) is 1.52. The molecule has 0 unspecified atom stereocenters. The molecule has 0 radical (unpaired) electrons. The Kier molecular flexibility index (Phi) is 4.26. The predicted molar refractivity (Wildman–Crippen MR) is 97.4 cm³/mol. The van der Waals surface area contributed by atoms with Gasteiger partial charge in [-0.2, -0.15) is 10.2 Å². The second-order valence-corrected chi connectivity index (χ2v) is 6.17. The van der Waals surface area contributed by atoms with Crippen LogP contribution >= 0.6 is 0 Å². The molecule has 0 fully saturated rings. The van der Waals surface area contributed by atoms with E-state index in [0.717, 1.165) is 33.3 Å². The molecule has 0 bridgehead atoms. The molecular weight excluding hydrogens is 368 g/mol. The average molecular weight is 383 g/mol. The molecule has 0 atom stereocenters. The minimum absolute atomic E-state index is 0.0963. The summed E-state index contributed by atoms with van der Waals surface area (Å²) >= 11 is 0. The molecule has 2 aromatic carbocycles. The molecule has 0 saturated carbocycles. The number of benzene rings is 2. The fraction of sp³-hybridized carbons (Fsp3) is 0.105. The zero-order valence-electron chi connectivity index (χ0n) is 14.7. The Morgan fingerprint density at radius 3 is 2.68 bits per heavy atom. The smallest absolute Gasteiger partial charge is 0.269 e. The van der Waals surface area contributed by atoms with Gasteiger partial charge < -0.3 is 10.5 Å². The number of nitrogens with zero attached hydrogens (tertiary/aromatic N) is 3. The van der Waals surface area contributed by atoms with Gasteiger partial charge in [0.15, 0.2) is 17.3 Å². The fourth-order valence-electron chi connectivity index (χ4n) is 3.09. The van der Waals surface area contributed by atoms with Gasteiger partial charge in [0.25, 0.3) is 5.91 Å². The molecular formula is C19H15F2N5O2. The number of aromatic nitrogens is 4. The van der Waals surface area contributed by atoms with Crippen molar-refractivity contribution >= 4 is 16.8 Å². The molecule has 3 N–H and O–H groups in total. The summed E-state index contributed by atoms with van der Waals surface area (Å²) in [6.45, 7) is 0. The van der Waals surface area contributed by atoms with Crippen molar-refractivity contribution in [3.63, 3.8) is 0 Å². The van der Waals surface area contributed by atoms with E-state index < -0.39 is 17.5 Å². The number of primary amides is 1. The van der Waals surface area contributed by atoms with Crippen molar-refractivity contribution in [3.05, 3.63) is 71.2 Å². The lowest BCUT2D eigenvalue weighted by Crippen LogP contribution is -2.13. The van der Waals surface area contributed by atoms with Crippen molar-refractivity contribution < 1.29 is 18.3 Å². The lowest BCUT2D eigenvalue weighted by atomic mass is 10.1. The second-order valence-electron chi connectivity index (χ2n) is 6.17. The largest absolute Gasteiger partial charge is 0.496 e. The number of hydrogen-bond donors (Lipinski definition) is 2. The zero-order valence-corrected chi connectivity index (χ0v) is 14.7. The molecule has 9 heteroatoms. The summed E-state index contributed by atoms with van der Waals surface area (Å²) in [5.41, 5.74) is 6.73. The minimum atomic E-state index is -0.808. The van der Waals surface area contributed by atoms with Crippen LogP contribution in [0.25, 0.3) is 16.6 Å². The lowest BCUT2D eigenvalue weighted by molar-refractivity contribution is 0.0995. The summed E-state index contributed by atoms with van der Waals surface area (Å²) in [5, 5.41) is 11.7. The van der Waals surface area contributed by atoms with Crippen LogP contribution in [0.5, 0.6) is 5.75 Å². The Morgan fingerprint density at radius 2 is 2.00 bits per heavy atom. The van der Waals surface area contributed by atoms with Crippen molar-refractivity contribution in [2.24, 2.45) is 5.73 Å². The first-order valence-electron chi connectivity index (χ1n) is 8.31. The number of H-pyrrole nitrogens is 1. The van der Waals surface area contributed by atoms with Gasteiger partial charge in [-0.25, -0.2) is 13.5 Å². The third-order valence-corrected chi connectivity index (χ3v) is 4.40. The van der Waals surface area contributed by atoms with E-state index >= 15 is 0 Å². The molecule has 0 spiro atoms. The summed E-state index contributed by atoms with van der Waals surface area (Å²) < 4.78 is 35.1. The van der Waals surface area contributed by atoms with Gasteiger partial charge >= 0.3 is 0 Å². The molecule has 142 valence electrons. The monoisotopic (exact) mass is 383 g/mol. The number of hydrogen-bond acceptors (Lipinski definition) is 4. The van der Waals surface area contributed by atoms with E-state index in [0.29, 0.717) is 11.4 Å². The highest BCUT2D eigenvalue weighted by Crippen LogP contribution is 2.28. The molecule has 4 rings (SSSR count). The van der Waals surface area contributed by atoms with Crippen molar-refractivity contribution in [2.75, 3.05) is 7.11 Å². The molecule has 0 aliphatic rings. The van der Waals surface area contributed by atoms with Crippen LogP contribution in [0.1, 0.15) is 21.7 Å². The predicted octanol–water partition coefficient (Wildman–Crippen LogP) is 2.73. The maximum absolute atomic E-state index is 14.3. The van der Waals surface area contributed by atoms with Crippen molar-refractivity contribution in [2.45, 2.75) is 6.42 Å². The van der Waals surface area contributed by atoms with Gasteiger partial charge in [-0.05, 0) is 24.3 Å². The van der Waals surface area contributed by atoms with Crippen molar-refractivity contribution in [3.8, 4) is 11.4 Å². The Balaban J connectivity index is 1.87. The molecule has 28 heavy (non-hydrogen) atoms. The van der Waals surface area contributed by atoms with Gasteiger partial charge in [0, 0.05) is 29.1 Å². The van der Waals surface area contributed by atoms with E-state index in [1.807, 2.05) is 6.07 Å². The maximum atomic E-state index is 14.3. The molecule has 0 aliphatic heterocycles. The summed E-state index contributed by atoms with van der Waals surface area (Å²) in [4.78, 5) is 11.6. The van der Waals surface area contributed by atoms with E-state index in [9.17, 15) is 13.6 Å². The molecule has 0 saturated heterocycles. The number of methoxy groups -OCH3 is 1. The number of nitrogens with two attached hydrogens (primary N) is 1. The van der Waals surface area contributed by atoms with E-state index in [-0.39, 0.29) is 17.8 Å². The highest BCUT2D eigenvalue weighted by molar-refractivity contribution is 5.91. The van der Waals surface area contributed by atoms with Crippen LogP contribution in [-0.2, 0) is 6.42 Å². The van der Waals surface area contributed by atoms with Crippen LogP contribution in [-0.4, -0.2) is 33.0 Å². The number of amides is 1. The number of halogens is 2. The van der Waals surface area contributed by atoms with Crippen LogP contribution in [0.3, 0.4) is 0 Å². The van der Waals surface area contributed by atoms with Gasteiger partial charge in [-0.3, -0.25) is 9.89 Å². The normalized spacial score (nSPS) is 11.1. The van der Waals surface area contributed by atoms with Crippen LogP contribution in [0, 0.1) is 11.6 Å². The van der Waals surface area contributed by atoms with Crippen LogP contribution < -0.4 is 10.5 Å². The molecule has 2 aromatic heterocycles. The van der Waals surface area contributed by atoms with E-state index in [1.165, 1.54) is 19.2 Å². The SMILES string of the molecule is COc1cc2[nH]ncc2cc1Cc1cc(C(N)=O)nn1-c1c(F)cccc1F. The Labute approximate surface area is 157 Å². The van der Waals surface area contributed by atoms with E-state index in [4.69, 9.17) is 10.5 Å². The number of carbonyl (C=O) groups is 1. The molecule has 0 aliphatic carbocycles. The number of rotatable bonds is 5. The van der Waals surface area contributed by atoms with Crippen LogP contribution in [0.4, 0.5) is 8.78 Å². The summed E-state index contributed by atoms with van der Waals surface area (Å²) in [6.07, 6.45) is 1.85. The molecule has 2 heterocycles. The van der Waals surface area contributed by atoms with Gasteiger partial charge in [0.05, 0.1) is 18.8 Å². The van der Waals surface area contributed by atoms with Crippen molar-refractivity contribution in [1.29, 1.82) is 0 Å². The molecule has 4 aromatic rings. The first kappa shape index (κ1) is 17.7. The van der Waals surface area contributed by atoms with Crippen molar-refractivity contribution in [1.82, 2.24) is 20.0 Å². The number of fused-ring (bicyclic) bond motifs is 1. The Hall–Kier alpha value is -3.75. The highest BCUT2D eigenvalue weighted by Gasteiger charge is 2.20. The van der Waals surface area contributed by atoms with Gasteiger partial charge in [-0.1, -0.05) is 6.07 Å². The van der Waals surface area contributed by atoms with Crippen LogP contribution in [0.15, 0.2) is 42.6 Å². The minimum Gasteiger partial charge on any atom is -0.496 e. The number of para-hydroxylation sites is 1. The summed E-state index contributed by atoms with van der Waals surface area (Å²) in [5.74, 6) is -1.86. The summed E-state index contributed by atoms with van der Waals surface area (Å²) in [6, 6.07) is 8.51. The standard InChI is InChI=1S/C19H15F2N5O2/c1-28-17-8-15-11(9-23-24-15)5-10(17)6-12-7-16(19(22)27)25-26(12)18-13(20)3-2-4-14(18)21/h2-5,7-9H,6H2,1H3,(H2,22,27)(H,23,24). The average Bonchev–Trinajstić information content (AvgIpc) is 3.28. The number of ether oxygens (including phenoxy) is 1.